The minimum atomic E-state index is -0.595. The molecule has 6 rings (SSSR count). The fraction of sp³-hybridized carbons (Fsp3) is 0.0857. The number of benzene rings is 4. The molecule has 2 atom stereocenters. The summed E-state index contributed by atoms with van der Waals surface area (Å²) in [6.45, 7) is 0. The van der Waals surface area contributed by atoms with E-state index in [4.69, 9.17) is 21.1 Å². The smallest absolute Gasteiger partial charge is 0.261 e. The van der Waals surface area contributed by atoms with Gasteiger partial charge in [0.05, 0.1) is 22.0 Å². The van der Waals surface area contributed by atoms with Gasteiger partial charge < -0.3 is 14.8 Å². The zero-order valence-corrected chi connectivity index (χ0v) is 23.6. The predicted molar refractivity (Wildman–Crippen MR) is 166 cm³/mol. The summed E-state index contributed by atoms with van der Waals surface area (Å²) in [5, 5.41) is 3.92. The molecular weight excluding hydrogens is 546 g/mol. The molecule has 1 aliphatic rings. The highest BCUT2D eigenvalue weighted by Gasteiger charge is 2.37. The molecule has 1 amide bonds. The Bertz CT molecular complexity index is 1710. The SMILES string of the molecule is CN(C(=O)c1ccccc1NC1=C(Cl)C(Oc2ccccc2)c2ccccc2C1Oc1ccccc1)c1ccccn1. The van der Waals surface area contributed by atoms with Gasteiger partial charge in [-0.1, -0.05) is 90.5 Å². The van der Waals surface area contributed by atoms with Crippen LogP contribution in [-0.2, 0) is 0 Å². The van der Waals surface area contributed by atoms with Crippen molar-refractivity contribution in [2.75, 3.05) is 17.3 Å². The number of aromatic nitrogens is 1. The summed E-state index contributed by atoms with van der Waals surface area (Å²) in [6, 6.07) is 39.9. The fourth-order valence-electron chi connectivity index (χ4n) is 4.94. The number of amides is 1. The van der Waals surface area contributed by atoms with Gasteiger partial charge in [-0.05, 0) is 48.5 Å². The summed E-state index contributed by atoms with van der Waals surface area (Å²) in [6.07, 6.45) is 0.469. The lowest BCUT2D eigenvalue weighted by Gasteiger charge is -2.35. The maximum absolute atomic E-state index is 13.7. The first-order valence-corrected chi connectivity index (χ1v) is 13.9. The van der Waals surface area contributed by atoms with Gasteiger partial charge in [0.1, 0.15) is 17.3 Å². The Morgan fingerprint density at radius 3 is 1.90 bits per heavy atom. The highest BCUT2D eigenvalue weighted by molar-refractivity contribution is 6.31. The quantitative estimate of drug-likeness (QED) is 0.203. The molecule has 0 saturated heterocycles. The van der Waals surface area contributed by atoms with E-state index in [1.54, 1.807) is 25.4 Å². The maximum atomic E-state index is 13.7. The van der Waals surface area contributed by atoms with Gasteiger partial charge in [0.25, 0.3) is 5.91 Å². The van der Waals surface area contributed by atoms with Crippen LogP contribution in [0.2, 0.25) is 0 Å². The van der Waals surface area contributed by atoms with E-state index < -0.39 is 12.2 Å². The second-order valence-corrected chi connectivity index (χ2v) is 10.1. The van der Waals surface area contributed by atoms with Crippen molar-refractivity contribution >= 4 is 29.0 Å². The molecule has 0 aliphatic heterocycles. The summed E-state index contributed by atoms with van der Waals surface area (Å²) in [7, 11) is 1.70. The van der Waals surface area contributed by atoms with E-state index in [1.165, 1.54) is 4.90 Å². The minimum Gasteiger partial charge on any atom is -0.480 e. The number of hydrogen-bond donors (Lipinski definition) is 1. The molecule has 1 aromatic heterocycles. The Labute approximate surface area is 249 Å². The first-order valence-electron chi connectivity index (χ1n) is 13.6. The molecule has 42 heavy (non-hydrogen) atoms. The lowest BCUT2D eigenvalue weighted by atomic mass is 9.89. The van der Waals surface area contributed by atoms with Crippen LogP contribution in [0.3, 0.4) is 0 Å². The molecule has 208 valence electrons. The lowest BCUT2D eigenvalue weighted by molar-refractivity contribution is 0.0993. The first-order chi connectivity index (χ1) is 20.6. The third kappa shape index (κ3) is 5.57. The van der Waals surface area contributed by atoms with E-state index in [1.807, 2.05) is 115 Å². The van der Waals surface area contributed by atoms with Crippen molar-refractivity contribution in [3.05, 3.63) is 161 Å². The third-order valence-corrected chi connectivity index (χ3v) is 7.43. The zero-order valence-electron chi connectivity index (χ0n) is 22.9. The van der Waals surface area contributed by atoms with Crippen LogP contribution >= 0.6 is 11.6 Å². The fourth-order valence-corrected chi connectivity index (χ4v) is 5.25. The average molecular weight is 574 g/mol. The largest absolute Gasteiger partial charge is 0.480 e. The minimum absolute atomic E-state index is 0.220. The second-order valence-electron chi connectivity index (χ2n) is 9.74. The number of rotatable bonds is 8. The van der Waals surface area contributed by atoms with Crippen molar-refractivity contribution in [2.24, 2.45) is 0 Å². The molecule has 2 unspecified atom stereocenters. The van der Waals surface area contributed by atoms with Crippen LogP contribution in [0.25, 0.3) is 0 Å². The molecule has 0 radical (unpaired) electrons. The topological polar surface area (TPSA) is 63.7 Å². The van der Waals surface area contributed by atoms with Gasteiger partial charge in [0.2, 0.25) is 0 Å². The number of carbonyl (C=O) groups excluding carboxylic acids is 1. The predicted octanol–water partition coefficient (Wildman–Crippen LogP) is 8.17. The van der Waals surface area contributed by atoms with E-state index in [2.05, 4.69) is 10.3 Å². The molecule has 0 saturated carbocycles. The molecule has 4 aromatic carbocycles. The van der Waals surface area contributed by atoms with Gasteiger partial charge in [-0.25, -0.2) is 4.98 Å². The monoisotopic (exact) mass is 573 g/mol. The van der Waals surface area contributed by atoms with Crippen LogP contribution in [0.4, 0.5) is 11.5 Å². The van der Waals surface area contributed by atoms with Gasteiger partial charge in [0.15, 0.2) is 12.2 Å². The van der Waals surface area contributed by atoms with Crippen molar-refractivity contribution < 1.29 is 14.3 Å². The van der Waals surface area contributed by atoms with E-state index in [-0.39, 0.29) is 5.91 Å². The molecule has 0 fully saturated rings. The van der Waals surface area contributed by atoms with Crippen LogP contribution in [0.5, 0.6) is 11.5 Å². The van der Waals surface area contributed by atoms with Crippen LogP contribution in [0.15, 0.2) is 144 Å². The molecule has 6 nitrogen and oxygen atoms in total. The number of nitrogens with zero attached hydrogens (tertiary/aromatic N) is 2. The van der Waals surface area contributed by atoms with Crippen molar-refractivity contribution in [3.8, 4) is 11.5 Å². The van der Waals surface area contributed by atoms with Gasteiger partial charge in [-0.3, -0.25) is 9.69 Å². The van der Waals surface area contributed by atoms with Gasteiger partial charge in [0, 0.05) is 24.4 Å². The van der Waals surface area contributed by atoms with E-state index in [0.29, 0.717) is 39.3 Å². The second kappa shape index (κ2) is 12.2. The summed E-state index contributed by atoms with van der Waals surface area (Å²) >= 11 is 7.23. The van der Waals surface area contributed by atoms with Gasteiger partial charge in [-0.15, -0.1) is 0 Å². The lowest BCUT2D eigenvalue weighted by Crippen LogP contribution is -2.30. The number of ether oxygens (including phenoxy) is 2. The van der Waals surface area contributed by atoms with Crippen LogP contribution in [0, 0.1) is 0 Å². The summed E-state index contributed by atoms with van der Waals surface area (Å²) < 4.78 is 13.1. The molecule has 1 aliphatic carbocycles. The number of pyridine rings is 1. The van der Waals surface area contributed by atoms with Crippen LogP contribution in [-0.4, -0.2) is 17.9 Å². The van der Waals surface area contributed by atoms with E-state index >= 15 is 0 Å². The zero-order chi connectivity index (χ0) is 28.9. The molecule has 1 heterocycles. The van der Waals surface area contributed by atoms with Crippen molar-refractivity contribution in [1.29, 1.82) is 0 Å². The highest BCUT2D eigenvalue weighted by Crippen LogP contribution is 2.46. The maximum Gasteiger partial charge on any atom is 0.261 e. The van der Waals surface area contributed by atoms with Crippen molar-refractivity contribution in [2.45, 2.75) is 12.2 Å². The Balaban J connectivity index is 1.43. The number of nitrogens with one attached hydrogen (secondary N) is 1. The first kappa shape index (κ1) is 27.1. The molecule has 5 aromatic rings. The van der Waals surface area contributed by atoms with E-state index in [9.17, 15) is 4.79 Å². The normalized spacial score (nSPS) is 15.9. The number of halogens is 1. The number of hydrogen-bond acceptors (Lipinski definition) is 5. The summed E-state index contributed by atoms with van der Waals surface area (Å²) in [5.41, 5.74) is 3.43. The summed E-state index contributed by atoms with van der Waals surface area (Å²) in [4.78, 5) is 19.6. The Morgan fingerprint density at radius 1 is 0.714 bits per heavy atom. The Hall–Kier alpha value is -5.07. The molecular formula is C35H28ClN3O3. The number of anilines is 2. The van der Waals surface area contributed by atoms with Crippen LogP contribution in [0.1, 0.15) is 33.7 Å². The Morgan fingerprint density at radius 2 is 1.26 bits per heavy atom. The molecule has 0 bridgehead atoms. The Kier molecular flexibility index (Phi) is 7.88. The number of carbonyl (C=O) groups is 1. The standard InChI is InChI=1S/C35H28ClN3O3/c1-39(30-22-12-13-23-37-30)35(40)28-20-10-11-21-29(28)38-32-31(36)33(41-24-14-4-2-5-15-24)26-18-8-9-19-27(26)34(32)42-25-16-6-3-7-17-25/h2-23,33-34,38H,1H3. The summed E-state index contributed by atoms with van der Waals surface area (Å²) in [5.74, 6) is 1.69. The van der Waals surface area contributed by atoms with E-state index in [0.717, 1.165) is 11.1 Å². The highest BCUT2D eigenvalue weighted by atomic mass is 35.5. The number of fused-ring (bicyclic) bond motifs is 1. The number of para-hydroxylation sites is 3. The third-order valence-electron chi connectivity index (χ3n) is 7.03. The molecule has 0 spiro atoms. The average Bonchev–Trinajstić information content (AvgIpc) is 3.05. The van der Waals surface area contributed by atoms with Crippen molar-refractivity contribution in [3.63, 3.8) is 0 Å². The van der Waals surface area contributed by atoms with Crippen molar-refractivity contribution in [1.82, 2.24) is 4.98 Å². The molecule has 1 N–H and O–H groups in total. The van der Waals surface area contributed by atoms with Crippen LogP contribution < -0.4 is 19.7 Å². The molecule has 7 heteroatoms. The van der Waals surface area contributed by atoms with Gasteiger partial charge in [-0.2, -0.15) is 0 Å². The van der Waals surface area contributed by atoms with Gasteiger partial charge >= 0.3 is 0 Å².